The van der Waals surface area contributed by atoms with Crippen LogP contribution in [0.3, 0.4) is 0 Å². The number of carbonyl (C=O) groups is 1. The van der Waals surface area contributed by atoms with Crippen LogP contribution in [-0.2, 0) is 5.75 Å². The fourth-order valence-electron chi connectivity index (χ4n) is 3.05. The zero-order valence-electron chi connectivity index (χ0n) is 15.0. The van der Waals surface area contributed by atoms with E-state index in [1.54, 1.807) is 11.8 Å². The van der Waals surface area contributed by atoms with Crippen molar-refractivity contribution >= 4 is 17.5 Å². The fourth-order valence-corrected chi connectivity index (χ4v) is 4.11. The topological polar surface area (TPSA) is 48.0 Å². The summed E-state index contributed by atoms with van der Waals surface area (Å²) >= 11 is 1.60. The first-order valence-corrected chi connectivity index (χ1v) is 9.41. The first-order chi connectivity index (χ1) is 12.0. The lowest BCUT2D eigenvalue weighted by atomic mass is 10.2. The molecule has 0 N–H and O–H groups in total. The molecular weight excluding hydrogens is 332 g/mol. The van der Waals surface area contributed by atoms with Crippen molar-refractivity contribution in [3.8, 4) is 5.69 Å². The summed E-state index contributed by atoms with van der Waals surface area (Å²) in [6.07, 6.45) is 0. The molecule has 4 nitrogen and oxygen atoms in total. The number of ketones is 1. The third-order valence-electron chi connectivity index (χ3n) is 4.41. The number of hydrogen-bond acceptors (Lipinski definition) is 4. The van der Waals surface area contributed by atoms with E-state index < -0.39 is 0 Å². The lowest BCUT2D eigenvalue weighted by molar-refractivity contribution is 0.102. The molecule has 2 heterocycles. The molecule has 0 bridgehead atoms. The molecule has 0 aliphatic carbocycles. The predicted molar refractivity (Wildman–Crippen MR) is 102 cm³/mol. The summed E-state index contributed by atoms with van der Waals surface area (Å²) in [7, 11) is 0. The maximum absolute atomic E-state index is 12.7. The molecule has 3 aromatic rings. The van der Waals surface area contributed by atoms with E-state index in [0.717, 1.165) is 45.4 Å². The zero-order chi connectivity index (χ0) is 18.0. The van der Waals surface area contributed by atoms with Crippen molar-refractivity contribution in [1.29, 1.82) is 0 Å². The molecule has 0 saturated carbocycles. The Labute approximate surface area is 152 Å². The minimum Gasteiger partial charge on any atom is -0.361 e. The van der Waals surface area contributed by atoms with Gasteiger partial charge in [-0.25, -0.2) is 0 Å². The van der Waals surface area contributed by atoms with E-state index in [4.69, 9.17) is 4.52 Å². The number of nitrogens with zero attached hydrogens (tertiary/aromatic N) is 2. The number of carbonyl (C=O) groups excluding carboxylic acids is 1. The first kappa shape index (κ1) is 17.5. The molecule has 0 aliphatic heterocycles. The average molecular weight is 354 g/mol. The molecule has 0 aliphatic rings. The van der Waals surface area contributed by atoms with Gasteiger partial charge in [0.15, 0.2) is 5.78 Å². The summed E-state index contributed by atoms with van der Waals surface area (Å²) in [6, 6.07) is 12.1. The van der Waals surface area contributed by atoms with Crippen LogP contribution < -0.4 is 0 Å². The highest BCUT2D eigenvalue weighted by Gasteiger charge is 2.17. The molecule has 0 amide bonds. The number of hydrogen-bond donors (Lipinski definition) is 0. The summed E-state index contributed by atoms with van der Waals surface area (Å²) in [5.74, 6) is 2.18. The maximum atomic E-state index is 12.7. The van der Waals surface area contributed by atoms with Gasteiger partial charge in [0.1, 0.15) is 5.76 Å². The molecule has 0 saturated heterocycles. The summed E-state index contributed by atoms with van der Waals surface area (Å²) < 4.78 is 7.30. The molecule has 25 heavy (non-hydrogen) atoms. The molecule has 5 heteroatoms. The van der Waals surface area contributed by atoms with Crippen molar-refractivity contribution in [3.05, 3.63) is 70.4 Å². The third-order valence-corrected chi connectivity index (χ3v) is 5.37. The normalized spacial score (nSPS) is 11.0. The minimum atomic E-state index is 0.159. The van der Waals surface area contributed by atoms with Gasteiger partial charge in [0, 0.05) is 34.0 Å². The molecule has 0 atom stereocenters. The van der Waals surface area contributed by atoms with E-state index in [1.807, 2.05) is 52.0 Å². The van der Waals surface area contributed by atoms with Crippen molar-refractivity contribution in [1.82, 2.24) is 9.72 Å². The van der Waals surface area contributed by atoms with Crippen LogP contribution in [0, 0.1) is 27.7 Å². The first-order valence-electron chi connectivity index (χ1n) is 8.26. The number of rotatable bonds is 6. The summed E-state index contributed by atoms with van der Waals surface area (Å²) in [5, 5.41) is 3.96. The highest BCUT2D eigenvalue weighted by Crippen LogP contribution is 2.24. The largest absolute Gasteiger partial charge is 0.361 e. The second kappa shape index (κ2) is 7.31. The quantitative estimate of drug-likeness (QED) is 0.596. The minimum absolute atomic E-state index is 0.159. The van der Waals surface area contributed by atoms with Gasteiger partial charge in [-0.1, -0.05) is 23.4 Å². The molecule has 0 radical (unpaired) electrons. The molecule has 0 fully saturated rings. The number of Topliss-reactive ketones (excluding diaryl/α,β-unsaturated/α-hetero) is 1. The van der Waals surface area contributed by atoms with E-state index in [2.05, 4.69) is 21.9 Å². The van der Waals surface area contributed by atoms with Gasteiger partial charge in [-0.3, -0.25) is 4.79 Å². The Morgan fingerprint density at radius 3 is 2.52 bits per heavy atom. The van der Waals surface area contributed by atoms with Gasteiger partial charge in [-0.2, -0.15) is 0 Å². The molecule has 0 unspecified atom stereocenters. The van der Waals surface area contributed by atoms with Crippen molar-refractivity contribution in [3.63, 3.8) is 0 Å². The SMILES string of the molecule is Cc1noc(C)c1CSCC(=O)c1cc(C)n(-c2ccccc2)c1C. The van der Waals surface area contributed by atoms with Gasteiger partial charge in [0.05, 0.1) is 11.4 Å². The van der Waals surface area contributed by atoms with Crippen LogP contribution >= 0.6 is 11.8 Å². The Morgan fingerprint density at radius 1 is 1.16 bits per heavy atom. The standard InChI is InChI=1S/C20H22N2O2S/c1-13-10-18(15(3)22(13)17-8-6-5-7-9-17)20(23)12-25-11-19-14(2)21-24-16(19)4/h5-10H,11-12H2,1-4H3. The molecule has 2 aromatic heterocycles. The predicted octanol–water partition coefficient (Wildman–Crippen LogP) is 4.82. The van der Waals surface area contributed by atoms with Gasteiger partial charge in [-0.05, 0) is 45.9 Å². The summed E-state index contributed by atoms with van der Waals surface area (Å²) in [6.45, 7) is 7.88. The highest BCUT2D eigenvalue weighted by molar-refractivity contribution is 7.99. The van der Waals surface area contributed by atoms with E-state index >= 15 is 0 Å². The van der Waals surface area contributed by atoms with E-state index in [0.29, 0.717) is 5.75 Å². The number of para-hydroxylation sites is 1. The van der Waals surface area contributed by atoms with Crippen molar-refractivity contribution in [2.45, 2.75) is 33.4 Å². The lowest BCUT2D eigenvalue weighted by Crippen LogP contribution is -2.06. The summed E-state index contributed by atoms with van der Waals surface area (Å²) in [4.78, 5) is 12.7. The van der Waals surface area contributed by atoms with Gasteiger partial charge in [0.2, 0.25) is 0 Å². The van der Waals surface area contributed by atoms with Gasteiger partial charge < -0.3 is 9.09 Å². The van der Waals surface area contributed by atoms with Crippen LogP contribution in [-0.4, -0.2) is 21.3 Å². The Hall–Kier alpha value is -2.27. The van der Waals surface area contributed by atoms with E-state index in [1.165, 1.54) is 0 Å². The third kappa shape index (κ3) is 3.56. The lowest BCUT2D eigenvalue weighted by Gasteiger charge is -2.09. The molecular formula is C20H22N2O2S. The summed E-state index contributed by atoms with van der Waals surface area (Å²) in [5.41, 5.74) is 5.94. The van der Waals surface area contributed by atoms with E-state index in [-0.39, 0.29) is 5.78 Å². The number of thioether (sulfide) groups is 1. The van der Waals surface area contributed by atoms with Gasteiger partial charge >= 0.3 is 0 Å². The number of benzene rings is 1. The van der Waals surface area contributed by atoms with Crippen LogP contribution in [0.1, 0.15) is 38.8 Å². The fraction of sp³-hybridized carbons (Fsp3) is 0.300. The molecule has 1 aromatic carbocycles. The molecule has 0 spiro atoms. The van der Waals surface area contributed by atoms with Crippen LogP contribution in [0.5, 0.6) is 0 Å². The van der Waals surface area contributed by atoms with E-state index in [9.17, 15) is 4.79 Å². The zero-order valence-corrected chi connectivity index (χ0v) is 15.8. The van der Waals surface area contributed by atoms with Crippen molar-refractivity contribution in [2.75, 3.05) is 5.75 Å². The van der Waals surface area contributed by atoms with Crippen molar-refractivity contribution < 1.29 is 9.32 Å². The Bertz CT molecular complexity index is 875. The van der Waals surface area contributed by atoms with Crippen LogP contribution in [0.15, 0.2) is 40.9 Å². The Kier molecular flexibility index (Phi) is 5.13. The smallest absolute Gasteiger partial charge is 0.174 e. The second-order valence-electron chi connectivity index (χ2n) is 6.17. The van der Waals surface area contributed by atoms with Crippen LogP contribution in [0.2, 0.25) is 0 Å². The van der Waals surface area contributed by atoms with Crippen molar-refractivity contribution in [2.24, 2.45) is 0 Å². The highest BCUT2D eigenvalue weighted by atomic mass is 32.2. The van der Waals surface area contributed by atoms with Gasteiger partial charge in [0.25, 0.3) is 0 Å². The monoisotopic (exact) mass is 354 g/mol. The van der Waals surface area contributed by atoms with Crippen LogP contribution in [0.4, 0.5) is 0 Å². The van der Waals surface area contributed by atoms with Gasteiger partial charge in [-0.15, -0.1) is 11.8 Å². The number of aryl methyl sites for hydroxylation is 3. The maximum Gasteiger partial charge on any atom is 0.174 e. The second-order valence-corrected chi connectivity index (χ2v) is 7.16. The average Bonchev–Trinajstić information content (AvgIpc) is 3.08. The Morgan fingerprint density at radius 2 is 1.88 bits per heavy atom. The molecule has 3 rings (SSSR count). The number of aromatic nitrogens is 2. The Balaban J connectivity index is 1.73. The molecule has 130 valence electrons. The van der Waals surface area contributed by atoms with Crippen LogP contribution in [0.25, 0.3) is 5.69 Å².